The minimum Gasteiger partial charge on any atom is -0.373 e. The number of pyridine rings is 1. The number of fused-ring (bicyclic) bond motifs is 1. The monoisotopic (exact) mass is 309 g/mol. The Kier molecular flexibility index (Phi) is 4.17. The Labute approximate surface area is 126 Å². The molecule has 21 heavy (non-hydrogen) atoms. The summed E-state index contributed by atoms with van der Waals surface area (Å²) in [6.07, 6.45) is 8.18. The number of sulfonamides is 1. The Bertz CT molecular complexity index is 583. The van der Waals surface area contributed by atoms with Gasteiger partial charge < -0.3 is 5.32 Å². The molecule has 1 saturated carbocycles. The molecule has 116 valence electrons. The number of aromatic nitrogens is 1. The number of hydrogen-bond donors (Lipinski definition) is 1. The van der Waals surface area contributed by atoms with Crippen molar-refractivity contribution in [2.45, 2.75) is 49.5 Å². The van der Waals surface area contributed by atoms with E-state index in [2.05, 4.69) is 10.3 Å². The van der Waals surface area contributed by atoms with Gasteiger partial charge in [0.25, 0.3) is 0 Å². The van der Waals surface area contributed by atoms with Gasteiger partial charge in [-0.15, -0.1) is 0 Å². The van der Waals surface area contributed by atoms with Gasteiger partial charge in [0.1, 0.15) is 10.7 Å². The van der Waals surface area contributed by atoms with E-state index in [1.807, 2.05) is 0 Å². The molecule has 2 atom stereocenters. The summed E-state index contributed by atoms with van der Waals surface area (Å²) in [4.78, 5) is 4.46. The number of hydrogen-bond acceptors (Lipinski definition) is 4. The highest BCUT2D eigenvalue weighted by Crippen LogP contribution is 2.37. The average molecular weight is 309 g/mol. The fourth-order valence-corrected chi connectivity index (χ4v) is 5.39. The second-order valence-corrected chi connectivity index (χ2v) is 7.89. The molecule has 2 heterocycles. The minimum atomic E-state index is -3.41. The molecule has 0 spiro atoms. The summed E-state index contributed by atoms with van der Waals surface area (Å²) in [5.41, 5.74) is 0. The first-order valence-corrected chi connectivity index (χ1v) is 9.22. The molecule has 1 aliphatic heterocycles. The van der Waals surface area contributed by atoms with Crippen molar-refractivity contribution in [1.82, 2.24) is 9.29 Å². The lowest BCUT2D eigenvalue weighted by atomic mass is 9.79. The molecule has 6 heteroatoms. The van der Waals surface area contributed by atoms with Gasteiger partial charge in [-0.25, -0.2) is 13.4 Å². The second kappa shape index (κ2) is 5.93. The van der Waals surface area contributed by atoms with E-state index < -0.39 is 10.0 Å². The van der Waals surface area contributed by atoms with E-state index in [-0.39, 0.29) is 6.04 Å². The Morgan fingerprint density at radius 3 is 2.67 bits per heavy atom. The first-order chi connectivity index (χ1) is 10.1. The summed E-state index contributed by atoms with van der Waals surface area (Å²) in [6.45, 7) is 0.650. The summed E-state index contributed by atoms with van der Waals surface area (Å²) in [5, 5.41) is 2.91. The van der Waals surface area contributed by atoms with Gasteiger partial charge in [0.05, 0.1) is 0 Å². The van der Waals surface area contributed by atoms with Gasteiger partial charge in [0, 0.05) is 25.8 Å². The molecule has 3 rings (SSSR count). The predicted octanol–water partition coefficient (Wildman–Crippen LogP) is 2.47. The molecule has 1 aromatic heterocycles. The maximum Gasteiger partial charge on any atom is 0.244 e. The van der Waals surface area contributed by atoms with Crippen LogP contribution >= 0.6 is 0 Å². The zero-order chi connectivity index (χ0) is 14.9. The Morgan fingerprint density at radius 2 is 1.95 bits per heavy atom. The fourth-order valence-electron chi connectivity index (χ4n) is 3.69. The first kappa shape index (κ1) is 14.8. The van der Waals surface area contributed by atoms with Crippen LogP contribution in [0.5, 0.6) is 0 Å². The van der Waals surface area contributed by atoms with Crippen molar-refractivity contribution in [3.8, 4) is 0 Å². The SMILES string of the molecule is CNc1ccc(S(=O)(=O)N2CCC[C@H]3CCCC[C@H]32)cn1. The largest absolute Gasteiger partial charge is 0.373 e. The number of anilines is 1. The van der Waals surface area contributed by atoms with Crippen molar-refractivity contribution in [3.63, 3.8) is 0 Å². The van der Waals surface area contributed by atoms with Crippen molar-refractivity contribution < 1.29 is 8.42 Å². The lowest BCUT2D eigenvalue weighted by molar-refractivity contribution is 0.129. The molecule has 1 aliphatic carbocycles. The first-order valence-electron chi connectivity index (χ1n) is 7.78. The summed E-state index contributed by atoms with van der Waals surface area (Å²) in [6, 6.07) is 3.57. The summed E-state index contributed by atoms with van der Waals surface area (Å²) >= 11 is 0. The van der Waals surface area contributed by atoms with Gasteiger partial charge in [-0.1, -0.05) is 12.8 Å². The van der Waals surface area contributed by atoms with Crippen molar-refractivity contribution >= 4 is 15.8 Å². The minimum absolute atomic E-state index is 0.196. The molecule has 0 amide bonds. The molecule has 0 aromatic carbocycles. The predicted molar refractivity (Wildman–Crippen MR) is 82.7 cm³/mol. The molecular formula is C15H23N3O2S. The topological polar surface area (TPSA) is 62.3 Å². The van der Waals surface area contributed by atoms with Crippen LogP contribution in [-0.4, -0.2) is 37.3 Å². The van der Waals surface area contributed by atoms with Gasteiger partial charge in [0.15, 0.2) is 0 Å². The summed E-state index contributed by atoms with van der Waals surface area (Å²) in [5.74, 6) is 1.23. The van der Waals surface area contributed by atoms with Gasteiger partial charge >= 0.3 is 0 Å². The summed E-state index contributed by atoms with van der Waals surface area (Å²) in [7, 11) is -1.64. The van der Waals surface area contributed by atoms with Crippen LogP contribution in [-0.2, 0) is 10.0 Å². The van der Waals surface area contributed by atoms with Crippen LogP contribution in [0.4, 0.5) is 5.82 Å². The number of nitrogens with zero attached hydrogens (tertiary/aromatic N) is 2. The van der Waals surface area contributed by atoms with Gasteiger partial charge in [0.2, 0.25) is 10.0 Å². The molecule has 5 nitrogen and oxygen atoms in total. The third kappa shape index (κ3) is 2.79. The quantitative estimate of drug-likeness (QED) is 0.931. The van der Waals surface area contributed by atoms with Crippen LogP contribution < -0.4 is 5.32 Å². The Morgan fingerprint density at radius 1 is 1.19 bits per heavy atom. The molecular weight excluding hydrogens is 286 g/mol. The van der Waals surface area contributed by atoms with E-state index in [4.69, 9.17) is 0 Å². The second-order valence-electron chi connectivity index (χ2n) is 6.00. The standard InChI is InChI=1S/C15H23N3O2S/c1-16-15-9-8-13(11-17-15)21(19,20)18-10-4-6-12-5-2-3-7-14(12)18/h8-9,11-12,14H,2-7,10H2,1H3,(H,16,17)/t12-,14-/m1/s1. The maximum absolute atomic E-state index is 12.9. The third-order valence-corrected chi connectivity index (χ3v) is 6.70. The third-order valence-electron chi connectivity index (χ3n) is 4.79. The van der Waals surface area contributed by atoms with E-state index in [0.717, 1.165) is 19.3 Å². The van der Waals surface area contributed by atoms with Crippen molar-refractivity contribution in [3.05, 3.63) is 18.3 Å². The van der Waals surface area contributed by atoms with Gasteiger partial charge in [-0.3, -0.25) is 0 Å². The molecule has 1 saturated heterocycles. The molecule has 0 unspecified atom stereocenters. The van der Waals surface area contributed by atoms with Crippen LogP contribution in [0.2, 0.25) is 0 Å². The van der Waals surface area contributed by atoms with Gasteiger partial charge in [-0.05, 0) is 43.7 Å². The zero-order valence-electron chi connectivity index (χ0n) is 12.5. The normalized spacial score (nSPS) is 27.1. The number of nitrogens with one attached hydrogen (secondary N) is 1. The van der Waals surface area contributed by atoms with E-state index >= 15 is 0 Å². The average Bonchev–Trinajstić information content (AvgIpc) is 2.54. The van der Waals surface area contributed by atoms with Crippen molar-refractivity contribution in [1.29, 1.82) is 0 Å². The molecule has 0 bridgehead atoms. The van der Waals surface area contributed by atoms with Crippen molar-refractivity contribution in [2.24, 2.45) is 5.92 Å². The number of piperidine rings is 1. The fraction of sp³-hybridized carbons (Fsp3) is 0.667. The van der Waals surface area contributed by atoms with Crippen molar-refractivity contribution in [2.75, 3.05) is 18.9 Å². The smallest absolute Gasteiger partial charge is 0.244 e. The lowest BCUT2D eigenvalue weighted by Crippen LogP contribution is -2.49. The summed E-state index contributed by atoms with van der Waals surface area (Å²) < 4.78 is 27.6. The van der Waals surface area contributed by atoms with Crippen LogP contribution in [0.3, 0.4) is 0 Å². The Balaban J connectivity index is 1.88. The van der Waals surface area contributed by atoms with Crippen LogP contribution in [0, 0.1) is 5.92 Å². The molecule has 1 N–H and O–H groups in total. The highest BCUT2D eigenvalue weighted by molar-refractivity contribution is 7.89. The molecule has 2 fully saturated rings. The van der Waals surface area contributed by atoms with E-state index in [0.29, 0.717) is 23.2 Å². The molecule has 1 aromatic rings. The maximum atomic E-state index is 12.9. The molecule has 0 radical (unpaired) electrons. The highest BCUT2D eigenvalue weighted by Gasteiger charge is 2.39. The number of rotatable bonds is 3. The van der Waals surface area contributed by atoms with E-state index in [1.165, 1.54) is 25.5 Å². The van der Waals surface area contributed by atoms with Crippen LogP contribution in [0.1, 0.15) is 38.5 Å². The highest BCUT2D eigenvalue weighted by atomic mass is 32.2. The lowest BCUT2D eigenvalue weighted by Gasteiger charge is -2.43. The molecule has 2 aliphatic rings. The Hall–Kier alpha value is -1.14. The van der Waals surface area contributed by atoms with Gasteiger partial charge in [-0.2, -0.15) is 4.31 Å². The van der Waals surface area contributed by atoms with Crippen LogP contribution in [0.25, 0.3) is 0 Å². The van der Waals surface area contributed by atoms with E-state index in [9.17, 15) is 8.42 Å². The van der Waals surface area contributed by atoms with E-state index in [1.54, 1.807) is 23.5 Å². The van der Waals surface area contributed by atoms with Crippen LogP contribution in [0.15, 0.2) is 23.2 Å². The zero-order valence-corrected chi connectivity index (χ0v) is 13.3.